The van der Waals surface area contributed by atoms with E-state index in [0.717, 1.165) is 47.4 Å². The molecule has 4 heterocycles. The lowest BCUT2D eigenvalue weighted by Crippen LogP contribution is -2.29. The summed E-state index contributed by atoms with van der Waals surface area (Å²) in [6.45, 7) is 11.8. The van der Waals surface area contributed by atoms with E-state index in [0.29, 0.717) is 49.0 Å². The minimum atomic E-state index is -0.0886. The van der Waals surface area contributed by atoms with Gasteiger partial charge in [-0.3, -0.25) is 14.0 Å². The molecule has 0 amide bonds. The van der Waals surface area contributed by atoms with Gasteiger partial charge in [0, 0.05) is 45.2 Å². The predicted molar refractivity (Wildman–Crippen MR) is 145 cm³/mol. The Bertz CT molecular complexity index is 1580. The molecule has 0 radical (unpaired) electrons. The summed E-state index contributed by atoms with van der Waals surface area (Å²) in [5, 5.41) is 14.0. The van der Waals surface area contributed by atoms with Gasteiger partial charge in [-0.2, -0.15) is 5.26 Å². The minimum absolute atomic E-state index is 0.0519. The van der Waals surface area contributed by atoms with E-state index in [9.17, 15) is 10.1 Å². The fourth-order valence-corrected chi connectivity index (χ4v) is 5.00. The van der Waals surface area contributed by atoms with Gasteiger partial charge in [0.2, 0.25) is 0 Å². The van der Waals surface area contributed by atoms with Gasteiger partial charge in [-0.25, -0.2) is 9.78 Å². The standard InChI is InChI=1S/C29H34N6O3/c1-6-13-37-27-22-17-34(12-11-25(22)38-32-27)16-19-7-8-20(15-30)21(14-19)23-9-10-24-26(31-23)33(5)28(36)35(24)18-29(2,3)4/h7-10,14H,6,11-13,16-18H2,1-5H3. The summed E-state index contributed by atoms with van der Waals surface area (Å²) in [5.41, 5.74) is 5.36. The number of hydrogen-bond acceptors (Lipinski definition) is 7. The van der Waals surface area contributed by atoms with Gasteiger partial charge >= 0.3 is 5.69 Å². The SMILES string of the molecule is CCCOc1noc2c1CN(Cc1ccc(C#N)c(-c3ccc4c(n3)n(C)c(=O)n4CC(C)(C)C)c1)CC2. The molecule has 9 heteroatoms. The van der Waals surface area contributed by atoms with Crippen LogP contribution in [0.25, 0.3) is 22.4 Å². The molecule has 38 heavy (non-hydrogen) atoms. The van der Waals surface area contributed by atoms with Crippen LogP contribution < -0.4 is 10.4 Å². The zero-order valence-corrected chi connectivity index (χ0v) is 22.7. The molecule has 1 aliphatic rings. The van der Waals surface area contributed by atoms with Gasteiger partial charge in [0.1, 0.15) is 5.76 Å². The van der Waals surface area contributed by atoms with Crippen LogP contribution in [0.4, 0.5) is 0 Å². The number of fused-ring (bicyclic) bond motifs is 2. The molecule has 0 fully saturated rings. The summed E-state index contributed by atoms with van der Waals surface area (Å²) in [7, 11) is 1.75. The third kappa shape index (κ3) is 4.96. The number of nitrogens with zero attached hydrogens (tertiary/aromatic N) is 6. The number of pyridine rings is 1. The van der Waals surface area contributed by atoms with Gasteiger partial charge in [0.15, 0.2) is 5.65 Å². The molecule has 198 valence electrons. The number of benzene rings is 1. The van der Waals surface area contributed by atoms with Gasteiger partial charge < -0.3 is 9.26 Å². The first kappa shape index (κ1) is 25.7. The van der Waals surface area contributed by atoms with E-state index in [1.54, 1.807) is 16.2 Å². The molecule has 0 aliphatic carbocycles. The summed E-state index contributed by atoms with van der Waals surface area (Å²) in [6, 6.07) is 12.0. The number of nitriles is 1. The molecule has 0 spiro atoms. The van der Waals surface area contributed by atoms with E-state index in [1.165, 1.54) is 0 Å². The van der Waals surface area contributed by atoms with E-state index < -0.39 is 0 Å². The minimum Gasteiger partial charge on any atom is -0.475 e. The van der Waals surface area contributed by atoms with Crippen LogP contribution in [0, 0.1) is 16.7 Å². The lowest BCUT2D eigenvalue weighted by atomic mass is 9.97. The number of imidazole rings is 1. The molecule has 9 nitrogen and oxygen atoms in total. The zero-order valence-electron chi connectivity index (χ0n) is 22.7. The van der Waals surface area contributed by atoms with Crippen molar-refractivity contribution in [2.45, 2.75) is 60.2 Å². The quantitative estimate of drug-likeness (QED) is 0.354. The Balaban J connectivity index is 1.45. The fourth-order valence-electron chi connectivity index (χ4n) is 5.00. The van der Waals surface area contributed by atoms with E-state index in [2.05, 4.69) is 43.8 Å². The lowest BCUT2D eigenvalue weighted by molar-refractivity contribution is 0.227. The molecule has 3 aromatic heterocycles. The highest BCUT2D eigenvalue weighted by Gasteiger charge is 2.26. The van der Waals surface area contributed by atoms with Crippen molar-refractivity contribution >= 4 is 11.2 Å². The summed E-state index contributed by atoms with van der Waals surface area (Å²) >= 11 is 0. The van der Waals surface area contributed by atoms with Crippen LogP contribution >= 0.6 is 0 Å². The first-order valence-corrected chi connectivity index (χ1v) is 13.1. The van der Waals surface area contributed by atoms with Crippen molar-refractivity contribution in [3.8, 4) is 23.2 Å². The van der Waals surface area contributed by atoms with Crippen molar-refractivity contribution in [2.75, 3.05) is 13.2 Å². The highest BCUT2D eigenvalue weighted by molar-refractivity contribution is 5.78. The van der Waals surface area contributed by atoms with E-state index in [1.807, 2.05) is 30.3 Å². The summed E-state index contributed by atoms with van der Waals surface area (Å²) in [6.07, 6.45) is 1.69. The molecule has 0 saturated carbocycles. The Morgan fingerprint density at radius 2 is 2.03 bits per heavy atom. The van der Waals surface area contributed by atoms with Crippen molar-refractivity contribution in [3.05, 3.63) is 63.3 Å². The fraction of sp³-hybridized carbons (Fsp3) is 0.448. The first-order chi connectivity index (χ1) is 18.2. The van der Waals surface area contributed by atoms with Crippen molar-refractivity contribution in [1.82, 2.24) is 24.2 Å². The van der Waals surface area contributed by atoms with E-state index >= 15 is 0 Å². The number of aryl methyl sites for hydroxylation is 1. The predicted octanol–water partition coefficient (Wildman–Crippen LogP) is 4.65. The van der Waals surface area contributed by atoms with Crippen molar-refractivity contribution in [1.29, 1.82) is 5.26 Å². The van der Waals surface area contributed by atoms with Crippen LogP contribution in [0.2, 0.25) is 0 Å². The maximum absolute atomic E-state index is 13.0. The maximum Gasteiger partial charge on any atom is 0.330 e. The molecule has 0 N–H and O–H groups in total. The van der Waals surface area contributed by atoms with Gasteiger partial charge in [0.05, 0.1) is 35.0 Å². The molecule has 0 saturated heterocycles. The molecule has 0 atom stereocenters. The van der Waals surface area contributed by atoms with Crippen LogP contribution in [0.3, 0.4) is 0 Å². The molecule has 1 aromatic carbocycles. The topological polar surface area (TPSA) is 102 Å². The number of ether oxygens (including phenoxy) is 1. The normalized spacial score (nSPS) is 14.0. The van der Waals surface area contributed by atoms with Gasteiger partial charge in [-0.1, -0.05) is 33.8 Å². The van der Waals surface area contributed by atoms with Crippen LogP contribution in [-0.2, 0) is 33.1 Å². The summed E-state index contributed by atoms with van der Waals surface area (Å²) < 4.78 is 14.6. The van der Waals surface area contributed by atoms with Gasteiger partial charge in [-0.05, 0) is 46.8 Å². The highest BCUT2D eigenvalue weighted by Crippen LogP contribution is 2.30. The number of hydrogen-bond donors (Lipinski definition) is 0. The summed E-state index contributed by atoms with van der Waals surface area (Å²) in [5.74, 6) is 1.49. The van der Waals surface area contributed by atoms with Gasteiger partial charge in [0.25, 0.3) is 5.88 Å². The molecule has 0 unspecified atom stereocenters. The molecule has 4 aromatic rings. The Labute approximate surface area is 222 Å². The van der Waals surface area contributed by atoms with Crippen molar-refractivity contribution in [2.24, 2.45) is 12.5 Å². The van der Waals surface area contributed by atoms with Crippen LogP contribution in [0.15, 0.2) is 39.6 Å². The first-order valence-electron chi connectivity index (χ1n) is 13.1. The maximum atomic E-state index is 13.0. The van der Waals surface area contributed by atoms with Crippen molar-refractivity contribution < 1.29 is 9.26 Å². The zero-order chi connectivity index (χ0) is 27.0. The Morgan fingerprint density at radius 3 is 2.76 bits per heavy atom. The Morgan fingerprint density at radius 1 is 1.21 bits per heavy atom. The monoisotopic (exact) mass is 514 g/mol. The molecule has 1 aliphatic heterocycles. The second kappa shape index (κ2) is 10.1. The second-order valence-electron chi connectivity index (χ2n) is 11.2. The Kier molecular flexibility index (Phi) is 6.84. The third-order valence-electron chi connectivity index (χ3n) is 6.81. The average Bonchev–Trinajstić information content (AvgIpc) is 3.40. The van der Waals surface area contributed by atoms with E-state index in [-0.39, 0.29) is 11.1 Å². The van der Waals surface area contributed by atoms with Gasteiger partial charge in [-0.15, -0.1) is 0 Å². The Hall–Kier alpha value is -3.90. The van der Waals surface area contributed by atoms with Crippen LogP contribution in [0.1, 0.15) is 56.6 Å². The van der Waals surface area contributed by atoms with Crippen molar-refractivity contribution in [3.63, 3.8) is 0 Å². The van der Waals surface area contributed by atoms with Crippen LogP contribution in [-0.4, -0.2) is 37.3 Å². The van der Waals surface area contributed by atoms with Crippen LogP contribution in [0.5, 0.6) is 5.88 Å². The molecular formula is C29H34N6O3. The number of rotatable bonds is 7. The molecular weight excluding hydrogens is 480 g/mol. The highest BCUT2D eigenvalue weighted by atomic mass is 16.5. The number of aromatic nitrogens is 4. The average molecular weight is 515 g/mol. The second-order valence-corrected chi connectivity index (χ2v) is 11.2. The molecule has 0 bridgehead atoms. The summed E-state index contributed by atoms with van der Waals surface area (Å²) in [4.78, 5) is 20.2. The third-order valence-corrected chi connectivity index (χ3v) is 6.81. The largest absolute Gasteiger partial charge is 0.475 e. The van der Waals surface area contributed by atoms with E-state index in [4.69, 9.17) is 14.2 Å². The lowest BCUT2D eigenvalue weighted by Gasteiger charge is -2.26. The smallest absolute Gasteiger partial charge is 0.330 e. The molecule has 5 rings (SSSR count).